The van der Waals surface area contributed by atoms with Gasteiger partial charge in [0.15, 0.2) is 4.98 Å². The van der Waals surface area contributed by atoms with E-state index in [9.17, 15) is 17.3 Å². The number of nitrogens with zero attached hydrogens (tertiary/aromatic N) is 5. The molecule has 0 heterocycles. The van der Waals surface area contributed by atoms with Crippen LogP contribution >= 0.6 is 0 Å². The predicted octanol–water partition coefficient (Wildman–Crippen LogP) is 14.1. The molecule has 0 amide bonds. The van der Waals surface area contributed by atoms with Crippen molar-refractivity contribution in [3.63, 3.8) is 0 Å². The van der Waals surface area contributed by atoms with Gasteiger partial charge >= 0.3 is 12.9 Å². The number of nitrogen functional groups attached to an aromatic ring is 1. The Hall–Kier alpha value is -4.03. The number of para-hydroxylation sites is 1. The number of rotatable bonds is 7. The summed E-state index contributed by atoms with van der Waals surface area (Å²) < 4.78 is 39.0. The molecule has 0 aromatic heterocycles. The largest absolute Gasteiger partial charge is 0.673 e. The van der Waals surface area contributed by atoms with Gasteiger partial charge in [-0.3, -0.25) is 0 Å². The number of nitrogens with two attached hydrogens (primary N) is 1. The first-order chi connectivity index (χ1) is 21.7. The van der Waals surface area contributed by atoms with E-state index >= 15 is 0 Å². The van der Waals surface area contributed by atoms with Crippen molar-refractivity contribution in [1.29, 1.82) is 5.39 Å². The zero-order valence-corrected chi connectivity index (χ0v) is 30.1. The molecule has 258 valence electrons. The van der Waals surface area contributed by atoms with Gasteiger partial charge in [-0.05, 0) is 63.3 Å². The third-order valence-electron chi connectivity index (χ3n) is 7.35. The minimum atomic E-state index is -6.00. The third-order valence-corrected chi connectivity index (χ3v) is 7.35. The Balaban J connectivity index is 0.000000630. The molecule has 6 nitrogen and oxygen atoms in total. The van der Waals surface area contributed by atoms with E-state index in [1.54, 1.807) is 0 Å². The molecule has 0 radical (unpaired) electrons. The molecule has 0 saturated heterocycles. The minimum absolute atomic E-state index is 0.379. The van der Waals surface area contributed by atoms with Gasteiger partial charge in [-0.1, -0.05) is 143 Å². The summed E-state index contributed by atoms with van der Waals surface area (Å²) in [7, 11) is -6.00. The molecule has 0 aliphatic carbocycles. The topological polar surface area (TPSA) is 103 Å². The van der Waals surface area contributed by atoms with Gasteiger partial charge in [-0.25, -0.2) is 0 Å². The SMILES string of the molecule is CC(C)c1cccc(C(C)C)c1N.CC(C)c1cccc(C(C)C)c1N=[N+]=[N-].CC(C)c1cccc(C(C)C)c1[N+]#N.F[B-](F)(F)F. The molecular formula is C36H53BF4N6. The smallest absolute Gasteiger partial charge is 0.418 e. The van der Waals surface area contributed by atoms with Crippen LogP contribution in [0.5, 0.6) is 0 Å². The lowest BCUT2D eigenvalue weighted by Crippen LogP contribution is -2.02. The Morgan fingerprint density at radius 3 is 1.06 bits per heavy atom. The number of anilines is 1. The van der Waals surface area contributed by atoms with Crippen LogP contribution in [0.3, 0.4) is 0 Å². The van der Waals surface area contributed by atoms with Gasteiger partial charge in [0.2, 0.25) is 5.39 Å². The molecule has 0 aliphatic rings. The van der Waals surface area contributed by atoms with E-state index in [2.05, 4.69) is 116 Å². The van der Waals surface area contributed by atoms with Crippen LogP contribution in [0.4, 0.5) is 34.3 Å². The van der Waals surface area contributed by atoms with E-state index in [0.29, 0.717) is 35.5 Å². The summed E-state index contributed by atoms with van der Waals surface area (Å²) in [5, 5.41) is 12.9. The molecule has 3 rings (SSSR count). The van der Waals surface area contributed by atoms with Crippen LogP contribution in [-0.2, 0) is 0 Å². The molecule has 3 aromatic rings. The maximum absolute atomic E-state index is 9.75. The van der Waals surface area contributed by atoms with Crippen molar-refractivity contribution in [3.8, 4) is 0 Å². The molecule has 0 bridgehead atoms. The summed E-state index contributed by atoms with van der Waals surface area (Å²) in [6.07, 6.45) is 0. The van der Waals surface area contributed by atoms with Crippen LogP contribution < -0.4 is 5.73 Å². The van der Waals surface area contributed by atoms with Crippen LogP contribution in [-0.4, -0.2) is 7.25 Å². The molecule has 0 saturated carbocycles. The standard InChI is InChI=1S/C12H17N3.C12H17N2.C12H19N.BF4/c1-8(2)10-6-5-7-11(9(3)4)12(10)14-15-13;1-8(2)10-6-5-7-11(9(3)4)12(10)14-13;1-8(2)10-6-5-7-11(9(3)4)12(10)13;2-1(3,4)5/h5-9H,1-4H3;5-9H,1-4H3;5-9H,13H2,1-4H3;/q;+1;;-1. The maximum atomic E-state index is 9.75. The molecule has 47 heavy (non-hydrogen) atoms. The minimum Gasteiger partial charge on any atom is -0.418 e. The lowest BCUT2D eigenvalue weighted by molar-refractivity contribution is 0.368. The van der Waals surface area contributed by atoms with Crippen molar-refractivity contribution in [1.82, 2.24) is 0 Å². The van der Waals surface area contributed by atoms with E-state index in [1.165, 1.54) is 11.1 Å². The van der Waals surface area contributed by atoms with Crippen LogP contribution in [0.25, 0.3) is 15.4 Å². The fraction of sp³-hybridized carbons (Fsp3) is 0.500. The normalized spacial score (nSPS) is 10.9. The second-order valence-corrected chi connectivity index (χ2v) is 13.1. The summed E-state index contributed by atoms with van der Waals surface area (Å²) in [5.41, 5.74) is 24.2. The monoisotopic (exact) mass is 656 g/mol. The Labute approximate surface area is 279 Å². The van der Waals surface area contributed by atoms with E-state index in [4.69, 9.17) is 16.7 Å². The van der Waals surface area contributed by atoms with Crippen molar-refractivity contribution < 1.29 is 17.3 Å². The van der Waals surface area contributed by atoms with E-state index in [-0.39, 0.29) is 0 Å². The zero-order valence-electron chi connectivity index (χ0n) is 30.1. The van der Waals surface area contributed by atoms with Gasteiger partial charge in [0.05, 0.1) is 11.1 Å². The number of benzene rings is 3. The van der Waals surface area contributed by atoms with Crippen molar-refractivity contribution in [3.05, 3.63) is 103 Å². The summed E-state index contributed by atoms with van der Waals surface area (Å²) in [5.74, 6) is 2.56. The van der Waals surface area contributed by atoms with Crippen LogP contribution in [0.15, 0.2) is 59.7 Å². The molecule has 0 fully saturated rings. The van der Waals surface area contributed by atoms with E-state index in [1.807, 2.05) is 36.4 Å². The lowest BCUT2D eigenvalue weighted by atomic mass is 9.93. The lowest BCUT2D eigenvalue weighted by Gasteiger charge is -2.15. The first-order valence-electron chi connectivity index (χ1n) is 16.1. The van der Waals surface area contributed by atoms with Gasteiger partial charge < -0.3 is 23.0 Å². The first kappa shape index (κ1) is 43.0. The number of diazo groups is 1. The van der Waals surface area contributed by atoms with Crippen LogP contribution in [0, 0.1) is 5.39 Å². The van der Waals surface area contributed by atoms with Crippen molar-refractivity contribution in [2.75, 3.05) is 5.73 Å². The second kappa shape index (κ2) is 20.3. The summed E-state index contributed by atoms with van der Waals surface area (Å²) in [4.78, 5) is 6.33. The van der Waals surface area contributed by atoms with Crippen molar-refractivity contribution in [2.24, 2.45) is 5.11 Å². The highest BCUT2D eigenvalue weighted by Crippen LogP contribution is 2.35. The molecule has 0 aliphatic heterocycles. The maximum Gasteiger partial charge on any atom is 0.673 e. The van der Waals surface area contributed by atoms with Gasteiger partial charge in [0.1, 0.15) is 0 Å². The molecule has 0 spiro atoms. The Morgan fingerprint density at radius 2 is 0.830 bits per heavy atom. The van der Waals surface area contributed by atoms with Crippen LogP contribution in [0.1, 0.15) is 152 Å². The third kappa shape index (κ3) is 15.0. The quantitative estimate of drug-likeness (QED) is 0.0520. The van der Waals surface area contributed by atoms with Crippen LogP contribution in [0.2, 0.25) is 0 Å². The van der Waals surface area contributed by atoms with Gasteiger partial charge in [0.25, 0.3) is 0 Å². The Morgan fingerprint density at radius 1 is 0.574 bits per heavy atom. The number of hydrogen-bond acceptors (Lipinski definition) is 3. The average molecular weight is 657 g/mol. The van der Waals surface area contributed by atoms with Crippen molar-refractivity contribution >= 4 is 24.3 Å². The molecule has 2 N–H and O–H groups in total. The highest BCUT2D eigenvalue weighted by molar-refractivity contribution is 6.50. The highest BCUT2D eigenvalue weighted by Gasteiger charge is 2.23. The van der Waals surface area contributed by atoms with E-state index in [0.717, 1.165) is 39.3 Å². The van der Waals surface area contributed by atoms with Gasteiger partial charge in [-0.15, -0.1) is 0 Å². The number of azide groups is 1. The first-order valence-corrected chi connectivity index (χ1v) is 16.1. The van der Waals surface area contributed by atoms with Gasteiger partial charge in [-0.2, -0.15) is 0 Å². The second-order valence-electron chi connectivity index (χ2n) is 13.1. The van der Waals surface area contributed by atoms with Crippen molar-refractivity contribution in [2.45, 2.75) is 119 Å². The molecule has 0 unspecified atom stereocenters. The fourth-order valence-electron chi connectivity index (χ4n) is 4.91. The summed E-state index contributed by atoms with van der Waals surface area (Å²) in [6.45, 7) is 25.6. The highest BCUT2D eigenvalue weighted by atomic mass is 19.5. The van der Waals surface area contributed by atoms with E-state index < -0.39 is 7.25 Å². The number of hydrogen-bond donors (Lipinski definition) is 1. The molecular weight excluding hydrogens is 603 g/mol. The Kier molecular flexibility index (Phi) is 18.5. The zero-order chi connectivity index (χ0) is 36.6. The Bertz CT molecular complexity index is 1400. The summed E-state index contributed by atoms with van der Waals surface area (Å²) in [6, 6.07) is 18.5. The van der Waals surface area contributed by atoms with Gasteiger partial charge in [0, 0.05) is 16.3 Å². The molecule has 11 heteroatoms. The predicted molar refractivity (Wildman–Crippen MR) is 192 cm³/mol. The molecule has 0 atom stereocenters. The summed E-state index contributed by atoms with van der Waals surface area (Å²) >= 11 is 0. The fourth-order valence-corrected chi connectivity index (χ4v) is 4.91. The molecule has 3 aromatic carbocycles. The number of halogens is 4. The average Bonchev–Trinajstić information content (AvgIpc) is 2.96.